The van der Waals surface area contributed by atoms with Crippen molar-refractivity contribution in [3.63, 3.8) is 0 Å². The SMILES string of the molecule is Cn1nc2c(C3(N)CC3)cccc2c1C(F)(F)F. The number of hydrogen-bond donors (Lipinski definition) is 1. The number of fused-ring (bicyclic) bond motifs is 1. The van der Waals surface area contributed by atoms with Gasteiger partial charge in [-0.25, -0.2) is 0 Å². The zero-order valence-corrected chi connectivity index (χ0v) is 9.75. The minimum absolute atomic E-state index is 0.124. The molecule has 1 fully saturated rings. The predicted octanol–water partition coefficient (Wildman–Crippen LogP) is 2.54. The van der Waals surface area contributed by atoms with Crippen LogP contribution < -0.4 is 5.73 Å². The van der Waals surface area contributed by atoms with Crippen molar-refractivity contribution in [2.24, 2.45) is 12.8 Å². The van der Waals surface area contributed by atoms with Crippen LogP contribution in [-0.2, 0) is 18.8 Å². The van der Waals surface area contributed by atoms with Gasteiger partial charge in [0.2, 0.25) is 0 Å². The number of benzene rings is 1. The average molecular weight is 255 g/mol. The first-order chi connectivity index (χ1) is 8.33. The van der Waals surface area contributed by atoms with Crippen LogP contribution in [0.15, 0.2) is 18.2 Å². The molecule has 0 radical (unpaired) electrons. The first-order valence-corrected chi connectivity index (χ1v) is 5.65. The lowest BCUT2D eigenvalue weighted by Crippen LogP contribution is -2.19. The molecular weight excluding hydrogens is 243 g/mol. The molecule has 0 unspecified atom stereocenters. The fraction of sp³-hybridized carbons (Fsp3) is 0.417. The topological polar surface area (TPSA) is 43.8 Å². The van der Waals surface area contributed by atoms with E-state index in [-0.39, 0.29) is 5.39 Å². The molecule has 3 nitrogen and oxygen atoms in total. The number of aryl methyl sites for hydroxylation is 1. The number of rotatable bonds is 1. The maximum atomic E-state index is 13.0. The van der Waals surface area contributed by atoms with Crippen LogP contribution in [0.5, 0.6) is 0 Å². The number of aromatic nitrogens is 2. The Labute approximate surface area is 101 Å². The van der Waals surface area contributed by atoms with E-state index in [1.54, 1.807) is 12.1 Å². The lowest BCUT2D eigenvalue weighted by Gasteiger charge is -2.09. The van der Waals surface area contributed by atoms with Gasteiger partial charge in [-0.15, -0.1) is 0 Å². The van der Waals surface area contributed by atoms with E-state index < -0.39 is 17.4 Å². The number of hydrogen-bond acceptors (Lipinski definition) is 2. The van der Waals surface area contributed by atoms with Crippen molar-refractivity contribution in [1.29, 1.82) is 0 Å². The summed E-state index contributed by atoms with van der Waals surface area (Å²) in [6.45, 7) is 0. The summed E-state index contributed by atoms with van der Waals surface area (Å²) in [6.07, 6.45) is -2.82. The molecule has 1 aromatic carbocycles. The number of nitrogens with zero attached hydrogens (tertiary/aromatic N) is 2. The molecule has 0 atom stereocenters. The second-order valence-electron chi connectivity index (χ2n) is 4.83. The molecule has 3 rings (SSSR count). The monoisotopic (exact) mass is 255 g/mol. The molecule has 1 aliphatic rings. The van der Waals surface area contributed by atoms with Crippen molar-refractivity contribution in [3.8, 4) is 0 Å². The Balaban J connectivity index is 2.32. The van der Waals surface area contributed by atoms with Crippen LogP contribution in [0, 0.1) is 0 Å². The molecule has 1 aromatic heterocycles. The zero-order chi connectivity index (χ0) is 13.1. The number of halogens is 3. The van der Waals surface area contributed by atoms with Crippen molar-refractivity contribution < 1.29 is 13.2 Å². The number of alkyl halides is 3. The third-order valence-electron chi connectivity index (χ3n) is 3.46. The molecule has 0 spiro atoms. The highest BCUT2D eigenvalue weighted by Gasteiger charge is 2.43. The molecule has 0 amide bonds. The van der Waals surface area contributed by atoms with Crippen LogP contribution in [0.2, 0.25) is 0 Å². The summed E-state index contributed by atoms with van der Waals surface area (Å²) in [4.78, 5) is 0. The predicted molar refractivity (Wildman–Crippen MR) is 60.8 cm³/mol. The standard InChI is InChI=1S/C12H12F3N3/c1-18-10(12(13,14)15)7-3-2-4-8(9(7)17-18)11(16)5-6-11/h2-4H,5-6,16H2,1H3. The van der Waals surface area contributed by atoms with Gasteiger partial charge in [0.1, 0.15) is 5.69 Å². The Bertz CT molecular complexity index is 623. The molecular formula is C12H12F3N3. The third-order valence-corrected chi connectivity index (χ3v) is 3.46. The maximum Gasteiger partial charge on any atom is 0.433 e. The minimum Gasteiger partial charge on any atom is -0.321 e. The quantitative estimate of drug-likeness (QED) is 0.851. The molecule has 2 aromatic rings. The Hall–Kier alpha value is -1.56. The van der Waals surface area contributed by atoms with E-state index in [1.807, 2.05) is 0 Å². The molecule has 1 saturated carbocycles. The van der Waals surface area contributed by atoms with Crippen LogP contribution >= 0.6 is 0 Å². The van der Waals surface area contributed by atoms with E-state index in [0.717, 1.165) is 17.5 Å². The molecule has 1 aliphatic carbocycles. The highest BCUT2D eigenvalue weighted by atomic mass is 19.4. The summed E-state index contributed by atoms with van der Waals surface area (Å²) >= 11 is 0. The fourth-order valence-electron chi connectivity index (χ4n) is 2.36. The summed E-state index contributed by atoms with van der Waals surface area (Å²) in [7, 11) is 1.31. The first kappa shape index (κ1) is 11.5. The van der Waals surface area contributed by atoms with Gasteiger partial charge in [0.05, 0.1) is 5.52 Å². The van der Waals surface area contributed by atoms with Gasteiger partial charge in [-0.3, -0.25) is 4.68 Å². The van der Waals surface area contributed by atoms with Crippen LogP contribution in [0.1, 0.15) is 24.1 Å². The van der Waals surface area contributed by atoms with Gasteiger partial charge < -0.3 is 5.73 Å². The van der Waals surface area contributed by atoms with Crippen molar-refractivity contribution in [1.82, 2.24) is 9.78 Å². The molecule has 18 heavy (non-hydrogen) atoms. The van der Waals surface area contributed by atoms with Gasteiger partial charge in [-0.05, 0) is 12.8 Å². The van der Waals surface area contributed by atoms with E-state index in [4.69, 9.17) is 5.73 Å². The largest absolute Gasteiger partial charge is 0.433 e. The molecule has 0 saturated heterocycles. The van der Waals surface area contributed by atoms with Gasteiger partial charge in [-0.1, -0.05) is 18.2 Å². The fourth-order valence-corrected chi connectivity index (χ4v) is 2.36. The van der Waals surface area contributed by atoms with Gasteiger partial charge in [0, 0.05) is 23.5 Å². The summed E-state index contributed by atoms with van der Waals surface area (Å²) in [5, 5.41) is 4.13. The smallest absolute Gasteiger partial charge is 0.321 e. The minimum atomic E-state index is -4.41. The van der Waals surface area contributed by atoms with Gasteiger partial charge in [-0.2, -0.15) is 18.3 Å². The Morgan fingerprint density at radius 2 is 2.00 bits per heavy atom. The van der Waals surface area contributed by atoms with Crippen molar-refractivity contribution in [3.05, 3.63) is 29.5 Å². The second-order valence-corrected chi connectivity index (χ2v) is 4.83. The first-order valence-electron chi connectivity index (χ1n) is 5.65. The Morgan fingerprint density at radius 3 is 2.56 bits per heavy atom. The highest BCUT2D eigenvalue weighted by Crippen LogP contribution is 2.46. The number of nitrogens with two attached hydrogens (primary N) is 1. The molecule has 96 valence electrons. The van der Waals surface area contributed by atoms with Crippen molar-refractivity contribution in [2.75, 3.05) is 0 Å². The summed E-state index contributed by atoms with van der Waals surface area (Å²) in [5.74, 6) is 0. The van der Waals surface area contributed by atoms with Gasteiger partial charge in [0.15, 0.2) is 0 Å². The zero-order valence-electron chi connectivity index (χ0n) is 9.75. The van der Waals surface area contributed by atoms with E-state index in [1.165, 1.54) is 13.1 Å². The lowest BCUT2D eigenvalue weighted by atomic mass is 10.0. The Kier molecular flexibility index (Phi) is 2.09. The summed E-state index contributed by atoms with van der Waals surface area (Å²) < 4.78 is 39.8. The van der Waals surface area contributed by atoms with Gasteiger partial charge >= 0.3 is 6.18 Å². The third kappa shape index (κ3) is 1.52. The molecule has 1 heterocycles. The lowest BCUT2D eigenvalue weighted by molar-refractivity contribution is -0.142. The molecule has 6 heteroatoms. The van der Waals surface area contributed by atoms with Crippen LogP contribution in [0.25, 0.3) is 10.9 Å². The molecule has 2 N–H and O–H groups in total. The van der Waals surface area contributed by atoms with E-state index in [0.29, 0.717) is 11.1 Å². The van der Waals surface area contributed by atoms with Crippen LogP contribution in [-0.4, -0.2) is 9.78 Å². The average Bonchev–Trinajstić information content (AvgIpc) is 2.89. The molecule has 0 bridgehead atoms. The van der Waals surface area contributed by atoms with Crippen molar-refractivity contribution in [2.45, 2.75) is 24.6 Å². The highest BCUT2D eigenvalue weighted by molar-refractivity contribution is 5.86. The summed E-state index contributed by atoms with van der Waals surface area (Å²) in [6, 6.07) is 4.82. The maximum absolute atomic E-state index is 13.0. The van der Waals surface area contributed by atoms with Crippen LogP contribution in [0.3, 0.4) is 0 Å². The van der Waals surface area contributed by atoms with Crippen LogP contribution in [0.4, 0.5) is 13.2 Å². The summed E-state index contributed by atoms with van der Waals surface area (Å²) in [5.41, 5.74) is 5.95. The van der Waals surface area contributed by atoms with E-state index >= 15 is 0 Å². The van der Waals surface area contributed by atoms with E-state index in [9.17, 15) is 13.2 Å². The molecule has 0 aliphatic heterocycles. The van der Waals surface area contributed by atoms with Gasteiger partial charge in [0.25, 0.3) is 0 Å². The van der Waals surface area contributed by atoms with Crippen molar-refractivity contribution >= 4 is 10.9 Å². The normalized spacial score (nSPS) is 18.3. The Morgan fingerprint density at radius 1 is 1.33 bits per heavy atom. The van der Waals surface area contributed by atoms with E-state index in [2.05, 4.69) is 5.10 Å². The second kappa shape index (κ2) is 3.26.